The first-order valence-corrected chi connectivity index (χ1v) is 8.91. The minimum Gasteiger partial charge on any atom is -0.350 e. The van der Waals surface area contributed by atoms with E-state index in [1.807, 2.05) is 12.1 Å². The molecule has 2 aromatic carbocycles. The molecular formula is C21H19FN4O. The van der Waals surface area contributed by atoms with Crippen LogP contribution in [0.5, 0.6) is 0 Å². The van der Waals surface area contributed by atoms with Crippen molar-refractivity contribution in [2.75, 3.05) is 18.0 Å². The molecule has 1 aliphatic heterocycles. The third-order valence-corrected chi connectivity index (χ3v) is 4.69. The van der Waals surface area contributed by atoms with Crippen LogP contribution in [0.4, 0.5) is 15.9 Å². The largest absolute Gasteiger partial charge is 0.350 e. The molecule has 0 fully saturated rings. The Kier molecular flexibility index (Phi) is 4.78. The number of nitrogens with zero attached hydrogens (tertiary/aromatic N) is 3. The number of benzene rings is 2. The van der Waals surface area contributed by atoms with E-state index in [0.717, 1.165) is 18.7 Å². The van der Waals surface area contributed by atoms with Crippen LogP contribution in [0.3, 0.4) is 0 Å². The van der Waals surface area contributed by atoms with Crippen molar-refractivity contribution in [1.29, 1.82) is 0 Å². The van der Waals surface area contributed by atoms with Crippen molar-refractivity contribution in [3.63, 3.8) is 0 Å². The first-order valence-electron chi connectivity index (χ1n) is 8.91. The maximum absolute atomic E-state index is 13.6. The molecule has 2 heterocycles. The fourth-order valence-corrected chi connectivity index (χ4v) is 3.30. The summed E-state index contributed by atoms with van der Waals surface area (Å²) < 4.78 is 13.6. The van der Waals surface area contributed by atoms with Crippen LogP contribution in [0.2, 0.25) is 0 Å². The number of hydrogen-bond donors (Lipinski definition) is 1. The summed E-state index contributed by atoms with van der Waals surface area (Å²) in [6.45, 7) is 1.16. The smallest absolute Gasteiger partial charge is 0.270 e. The van der Waals surface area contributed by atoms with Crippen molar-refractivity contribution in [2.24, 2.45) is 0 Å². The average molecular weight is 362 g/mol. The zero-order valence-electron chi connectivity index (χ0n) is 14.7. The Morgan fingerprint density at radius 2 is 1.93 bits per heavy atom. The van der Waals surface area contributed by atoms with E-state index in [-0.39, 0.29) is 11.7 Å². The molecule has 0 saturated carbocycles. The van der Waals surface area contributed by atoms with Gasteiger partial charge in [0.1, 0.15) is 23.7 Å². The molecule has 6 heteroatoms. The number of aromatic nitrogens is 2. The molecule has 1 amide bonds. The zero-order chi connectivity index (χ0) is 18.6. The fourth-order valence-electron chi connectivity index (χ4n) is 3.30. The van der Waals surface area contributed by atoms with Crippen molar-refractivity contribution in [3.8, 4) is 0 Å². The Labute approximate surface area is 156 Å². The normalized spacial score (nSPS) is 12.7. The number of fused-ring (bicyclic) bond motifs is 1. The lowest BCUT2D eigenvalue weighted by Gasteiger charge is -2.18. The number of anilines is 2. The van der Waals surface area contributed by atoms with Gasteiger partial charge >= 0.3 is 0 Å². The number of hydrogen-bond acceptors (Lipinski definition) is 4. The molecule has 3 aromatic rings. The highest BCUT2D eigenvalue weighted by atomic mass is 19.1. The van der Waals surface area contributed by atoms with Crippen molar-refractivity contribution >= 4 is 17.4 Å². The van der Waals surface area contributed by atoms with E-state index in [1.54, 1.807) is 24.3 Å². The van der Waals surface area contributed by atoms with Gasteiger partial charge in [-0.1, -0.05) is 36.4 Å². The lowest BCUT2D eigenvalue weighted by molar-refractivity contribution is 0.0949. The van der Waals surface area contributed by atoms with Gasteiger partial charge in [-0.05, 0) is 36.1 Å². The molecule has 0 spiro atoms. The molecule has 136 valence electrons. The summed E-state index contributed by atoms with van der Waals surface area (Å²) in [7, 11) is 0. The van der Waals surface area contributed by atoms with E-state index in [1.165, 1.54) is 18.0 Å². The SMILES string of the molecule is O=C(NCCc1ccccc1F)c1cc(N2CCc3ccccc32)ncn1. The number of carbonyl (C=O) groups excluding carboxylic acids is 1. The number of amides is 1. The monoisotopic (exact) mass is 362 g/mol. The summed E-state index contributed by atoms with van der Waals surface area (Å²) in [6.07, 6.45) is 2.78. The third-order valence-electron chi connectivity index (χ3n) is 4.69. The molecular weight excluding hydrogens is 343 g/mol. The van der Waals surface area contributed by atoms with Gasteiger partial charge in [0.05, 0.1) is 0 Å². The minimum atomic E-state index is -0.289. The van der Waals surface area contributed by atoms with Crippen LogP contribution in [-0.4, -0.2) is 29.0 Å². The van der Waals surface area contributed by atoms with Crippen LogP contribution in [0.15, 0.2) is 60.9 Å². The summed E-state index contributed by atoms with van der Waals surface area (Å²) in [5, 5.41) is 2.80. The zero-order valence-corrected chi connectivity index (χ0v) is 14.7. The predicted octanol–water partition coefficient (Wildman–Crippen LogP) is 3.28. The molecule has 0 bridgehead atoms. The summed E-state index contributed by atoms with van der Waals surface area (Å²) in [4.78, 5) is 22.9. The summed E-state index contributed by atoms with van der Waals surface area (Å²) in [5.41, 5.74) is 3.27. The molecule has 4 rings (SSSR count). The Morgan fingerprint density at radius 3 is 2.81 bits per heavy atom. The molecule has 1 N–H and O–H groups in total. The van der Waals surface area contributed by atoms with Gasteiger partial charge in [-0.25, -0.2) is 14.4 Å². The average Bonchev–Trinajstić information content (AvgIpc) is 3.14. The summed E-state index contributed by atoms with van der Waals surface area (Å²) >= 11 is 0. The van der Waals surface area contributed by atoms with E-state index in [2.05, 4.69) is 32.3 Å². The van der Waals surface area contributed by atoms with E-state index in [9.17, 15) is 9.18 Å². The third kappa shape index (κ3) is 3.65. The Morgan fingerprint density at radius 1 is 1.11 bits per heavy atom. The van der Waals surface area contributed by atoms with Gasteiger partial charge in [0, 0.05) is 24.8 Å². The molecule has 1 aromatic heterocycles. The van der Waals surface area contributed by atoms with Crippen LogP contribution in [0, 0.1) is 5.82 Å². The second-order valence-corrected chi connectivity index (χ2v) is 6.39. The lowest BCUT2D eigenvalue weighted by Crippen LogP contribution is -2.27. The number of nitrogens with one attached hydrogen (secondary N) is 1. The number of halogens is 1. The quantitative estimate of drug-likeness (QED) is 0.757. The minimum absolute atomic E-state index is 0.260. The van der Waals surface area contributed by atoms with Crippen molar-refractivity contribution in [3.05, 3.63) is 83.6 Å². The van der Waals surface area contributed by atoms with Crippen LogP contribution >= 0.6 is 0 Å². The second kappa shape index (κ2) is 7.53. The maximum atomic E-state index is 13.6. The van der Waals surface area contributed by atoms with Crippen LogP contribution < -0.4 is 10.2 Å². The van der Waals surface area contributed by atoms with Crippen LogP contribution in [0.25, 0.3) is 0 Å². The number of rotatable bonds is 5. The van der Waals surface area contributed by atoms with Gasteiger partial charge in [-0.3, -0.25) is 4.79 Å². The van der Waals surface area contributed by atoms with Crippen molar-refractivity contribution in [1.82, 2.24) is 15.3 Å². The highest BCUT2D eigenvalue weighted by molar-refractivity contribution is 5.93. The van der Waals surface area contributed by atoms with Gasteiger partial charge in [0.2, 0.25) is 0 Å². The molecule has 0 saturated heterocycles. The topological polar surface area (TPSA) is 58.1 Å². The Balaban J connectivity index is 1.43. The summed E-state index contributed by atoms with van der Waals surface area (Å²) in [6, 6.07) is 16.4. The van der Waals surface area contributed by atoms with Crippen LogP contribution in [-0.2, 0) is 12.8 Å². The first kappa shape index (κ1) is 17.1. The fraction of sp³-hybridized carbons (Fsp3) is 0.190. The molecule has 5 nitrogen and oxygen atoms in total. The highest BCUT2D eigenvalue weighted by Crippen LogP contribution is 2.32. The molecule has 0 aliphatic carbocycles. The lowest BCUT2D eigenvalue weighted by atomic mass is 10.1. The molecule has 0 radical (unpaired) electrons. The molecule has 0 atom stereocenters. The molecule has 1 aliphatic rings. The van der Waals surface area contributed by atoms with Crippen molar-refractivity contribution in [2.45, 2.75) is 12.8 Å². The van der Waals surface area contributed by atoms with E-state index < -0.39 is 0 Å². The number of para-hydroxylation sites is 1. The molecule has 0 unspecified atom stereocenters. The standard InChI is InChI=1S/C21H19FN4O/c22-17-7-3-1-5-15(17)9-11-23-21(27)18-13-20(25-14-24-18)26-12-10-16-6-2-4-8-19(16)26/h1-8,13-14H,9-12H2,(H,23,27). The number of carbonyl (C=O) groups is 1. The van der Waals surface area contributed by atoms with E-state index in [4.69, 9.17) is 0 Å². The predicted molar refractivity (Wildman–Crippen MR) is 102 cm³/mol. The van der Waals surface area contributed by atoms with Crippen molar-refractivity contribution < 1.29 is 9.18 Å². The van der Waals surface area contributed by atoms with Gasteiger partial charge in [0.25, 0.3) is 5.91 Å². The van der Waals surface area contributed by atoms with Gasteiger partial charge in [-0.2, -0.15) is 0 Å². The van der Waals surface area contributed by atoms with Gasteiger partial charge in [-0.15, -0.1) is 0 Å². The second-order valence-electron chi connectivity index (χ2n) is 6.39. The van der Waals surface area contributed by atoms with Gasteiger partial charge in [0.15, 0.2) is 0 Å². The highest BCUT2D eigenvalue weighted by Gasteiger charge is 2.21. The van der Waals surface area contributed by atoms with E-state index in [0.29, 0.717) is 30.0 Å². The maximum Gasteiger partial charge on any atom is 0.270 e. The Hall–Kier alpha value is -3.28. The molecule has 27 heavy (non-hydrogen) atoms. The first-order chi connectivity index (χ1) is 13.2. The van der Waals surface area contributed by atoms with Crippen LogP contribution in [0.1, 0.15) is 21.6 Å². The summed E-state index contributed by atoms with van der Waals surface area (Å²) in [5.74, 6) is 0.153. The van der Waals surface area contributed by atoms with Gasteiger partial charge < -0.3 is 10.2 Å². The van der Waals surface area contributed by atoms with E-state index >= 15 is 0 Å². The Bertz CT molecular complexity index is 976.